The molecule has 0 aliphatic rings. The summed E-state index contributed by atoms with van der Waals surface area (Å²) in [7, 11) is -3.97. The van der Waals surface area contributed by atoms with Crippen molar-refractivity contribution in [3.05, 3.63) is 95.8 Å². The van der Waals surface area contributed by atoms with Crippen LogP contribution in [0.2, 0.25) is 0 Å². The highest BCUT2D eigenvalue weighted by Gasteiger charge is 2.19. The normalized spacial score (nSPS) is 11.2. The smallest absolute Gasteiger partial charge is 0.261 e. The van der Waals surface area contributed by atoms with E-state index >= 15 is 0 Å². The van der Waals surface area contributed by atoms with Crippen molar-refractivity contribution in [1.29, 1.82) is 0 Å². The molecule has 9 nitrogen and oxygen atoms in total. The summed E-state index contributed by atoms with van der Waals surface area (Å²) in [6, 6.07) is 20.4. The largest absolute Gasteiger partial charge is 0.348 e. The highest BCUT2D eigenvalue weighted by Crippen LogP contribution is 2.21. The lowest BCUT2D eigenvalue weighted by atomic mass is 10.1. The maximum Gasteiger partial charge on any atom is 0.261 e. The second kappa shape index (κ2) is 8.98. The monoisotopic (exact) mass is 448 g/mol. The van der Waals surface area contributed by atoms with E-state index in [-0.39, 0.29) is 22.1 Å². The van der Waals surface area contributed by atoms with Gasteiger partial charge in [0.15, 0.2) is 0 Å². The average molecular weight is 449 g/mol. The van der Waals surface area contributed by atoms with Gasteiger partial charge in [-0.05, 0) is 53.2 Å². The van der Waals surface area contributed by atoms with E-state index in [0.717, 1.165) is 11.1 Å². The zero-order valence-corrected chi connectivity index (χ0v) is 18.0. The van der Waals surface area contributed by atoms with E-state index in [2.05, 4.69) is 25.6 Å². The van der Waals surface area contributed by atoms with E-state index in [1.54, 1.807) is 36.4 Å². The number of amides is 1. The summed E-state index contributed by atoms with van der Waals surface area (Å²) >= 11 is 0. The number of carbonyl (C=O) groups is 1. The standard InChI is InChI=1S/C22H20N6O3S/c1-16-9-11-17(12-10-16)14-23-22(29)20-7-2-3-8-21(20)25-32(30,31)19-6-4-5-18(13-19)28-15-24-26-27-28/h2-13,15,25H,14H2,1H3,(H,23,29). The summed E-state index contributed by atoms with van der Waals surface area (Å²) in [5.74, 6) is -0.383. The van der Waals surface area contributed by atoms with Gasteiger partial charge in [-0.25, -0.2) is 13.1 Å². The molecule has 0 spiro atoms. The van der Waals surface area contributed by atoms with Crippen LogP contribution in [-0.4, -0.2) is 34.5 Å². The number of hydrogen-bond acceptors (Lipinski definition) is 6. The van der Waals surface area contributed by atoms with Crippen molar-refractivity contribution in [1.82, 2.24) is 25.5 Å². The maximum absolute atomic E-state index is 13.0. The number of anilines is 1. The predicted octanol–water partition coefficient (Wildman–Crippen LogP) is 2.70. The molecule has 0 unspecified atom stereocenters. The van der Waals surface area contributed by atoms with Crippen LogP contribution >= 0.6 is 0 Å². The Balaban J connectivity index is 1.54. The van der Waals surface area contributed by atoms with Crippen molar-refractivity contribution in [2.45, 2.75) is 18.4 Å². The highest BCUT2D eigenvalue weighted by molar-refractivity contribution is 7.92. The minimum atomic E-state index is -3.97. The molecule has 1 amide bonds. The van der Waals surface area contributed by atoms with E-state index < -0.39 is 10.0 Å². The van der Waals surface area contributed by atoms with E-state index in [1.165, 1.54) is 23.1 Å². The first-order valence-corrected chi connectivity index (χ1v) is 11.2. The van der Waals surface area contributed by atoms with Gasteiger partial charge >= 0.3 is 0 Å². The molecule has 0 atom stereocenters. The number of rotatable bonds is 7. The van der Waals surface area contributed by atoms with Gasteiger partial charge in [-0.15, -0.1) is 5.10 Å². The molecule has 0 radical (unpaired) electrons. The van der Waals surface area contributed by atoms with Gasteiger partial charge in [0, 0.05) is 6.54 Å². The third-order valence-corrected chi connectivity index (χ3v) is 6.09. The van der Waals surface area contributed by atoms with Crippen LogP contribution in [0.1, 0.15) is 21.5 Å². The SMILES string of the molecule is Cc1ccc(CNC(=O)c2ccccc2NS(=O)(=O)c2cccc(-n3cnnn3)c2)cc1. The number of carbonyl (C=O) groups excluding carboxylic acids is 1. The lowest BCUT2D eigenvalue weighted by molar-refractivity contribution is 0.0952. The quantitative estimate of drug-likeness (QED) is 0.449. The second-order valence-electron chi connectivity index (χ2n) is 7.07. The Bertz CT molecular complexity index is 1340. The minimum absolute atomic E-state index is 0.0142. The molecule has 0 saturated heterocycles. The molecule has 2 N–H and O–H groups in total. The Morgan fingerprint density at radius 1 is 1.00 bits per heavy atom. The van der Waals surface area contributed by atoms with Crippen molar-refractivity contribution in [2.75, 3.05) is 4.72 Å². The fourth-order valence-electron chi connectivity index (χ4n) is 3.03. The summed E-state index contributed by atoms with van der Waals surface area (Å²) in [5, 5.41) is 13.7. The number of benzene rings is 3. The molecule has 0 aliphatic carbocycles. The van der Waals surface area contributed by atoms with Crippen LogP contribution in [0.4, 0.5) is 5.69 Å². The number of hydrogen-bond donors (Lipinski definition) is 2. The molecule has 3 aromatic carbocycles. The summed E-state index contributed by atoms with van der Waals surface area (Å²) in [5.41, 5.74) is 2.97. The zero-order valence-electron chi connectivity index (χ0n) is 17.1. The van der Waals surface area contributed by atoms with Gasteiger partial charge in [-0.1, -0.05) is 48.0 Å². The van der Waals surface area contributed by atoms with Crippen molar-refractivity contribution in [2.24, 2.45) is 0 Å². The Morgan fingerprint density at radius 2 is 1.78 bits per heavy atom. The van der Waals surface area contributed by atoms with Crippen LogP contribution in [0.5, 0.6) is 0 Å². The molecule has 1 heterocycles. The van der Waals surface area contributed by atoms with Gasteiger partial charge in [0.2, 0.25) is 0 Å². The Morgan fingerprint density at radius 3 is 2.53 bits per heavy atom. The second-order valence-corrected chi connectivity index (χ2v) is 8.75. The zero-order chi connectivity index (χ0) is 22.6. The molecular formula is C22H20N6O3S. The van der Waals surface area contributed by atoms with Crippen LogP contribution in [0, 0.1) is 6.92 Å². The third kappa shape index (κ3) is 4.81. The molecule has 4 aromatic rings. The van der Waals surface area contributed by atoms with Crippen LogP contribution in [0.25, 0.3) is 5.69 Å². The number of nitrogens with zero attached hydrogens (tertiary/aromatic N) is 4. The lowest BCUT2D eigenvalue weighted by Gasteiger charge is -2.13. The molecule has 32 heavy (non-hydrogen) atoms. The van der Waals surface area contributed by atoms with Crippen LogP contribution < -0.4 is 10.0 Å². The Kier molecular flexibility index (Phi) is 5.95. The third-order valence-electron chi connectivity index (χ3n) is 4.73. The topological polar surface area (TPSA) is 119 Å². The van der Waals surface area contributed by atoms with Crippen LogP contribution in [0.3, 0.4) is 0 Å². The molecule has 162 valence electrons. The van der Waals surface area contributed by atoms with Crippen molar-refractivity contribution in [3.8, 4) is 5.69 Å². The minimum Gasteiger partial charge on any atom is -0.348 e. The summed E-state index contributed by atoms with van der Waals surface area (Å²) in [6.45, 7) is 2.32. The van der Waals surface area contributed by atoms with Crippen molar-refractivity contribution in [3.63, 3.8) is 0 Å². The van der Waals surface area contributed by atoms with Gasteiger partial charge in [-0.3, -0.25) is 9.52 Å². The number of tetrazole rings is 1. The molecular weight excluding hydrogens is 428 g/mol. The van der Waals surface area contributed by atoms with Gasteiger partial charge in [0.05, 0.1) is 21.8 Å². The molecule has 0 saturated carbocycles. The molecule has 10 heteroatoms. The lowest BCUT2D eigenvalue weighted by Crippen LogP contribution is -2.25. The van der Waals surface area contributed by atoms with Gasteiger partial charge < -0.3 is 5.32 Å². The summed E-state index contributed by atoms with van der Waals surface area (Å²) in [4.78, 5) is 12.8. The fraction of sp³-hybridized carbons (Fsp3) is 0.0909. The maximum atomic E-state index is 13.0. The number of aromatic nitrogens is 4. The van der Waals surface area contributed by atoms with E-state index in [1.807, 2.05) is 31.2 Å². The van der Waals surface area contributed by atoms with E-state index in [0.29, 0.717) is 12.2 Å². The average Bonchev–Trinajstić information content (AvgIpc) is 3.34. The first-order chi connectivity index (χ1) is 15.4. The number of para-hydroxylation sites is 1. The highest BCUT2D eigenvalue weighted by atomic mass is 32.2. The Labute approximate surface area is 185 Å². The molecule has 0 bridgehead atoms. The predicted molar refractivity (Wildman–Crippen MR) is 119 cm³/mol. The van der Waals surface area contributed by atoms with Gasteiger partial charge in [0.25, 0.3) is 15.9 Å². The first kappa shape index (κ1) is 21.2. The fourth-order valence-corrected chi connectivity index (χ4v) is 4.15. The summed E-state index contributed by atoms with van der Waals surface area (Å²) < 4.78 is 29.9. The molecule has 0 fully saturated rings. The first-order valence-electron chi connectivity index (χ1n) is 9.71. The number of aryl methyl sites for hydroxylation is 1. The number of nitrogens with one attached hydrogen (secondary N) is 2. The van der Waals surface area contributed by atoms with E-state index in [4.69, 9.17) is 0 Å². The number of sulfonamides is 1. The van der Waals surface area contributed by atoms with Crippen molar-refractivity contribution >= 4 is 21.6 Å². The van der Waals surface area contributed by atoms with Crippen LogP contribution in [0.15, 0.2) is 84.0 Å². The van der Waals surface area contributed by atoms with Crippen molar-refractivity contribution < 1.29 is 13.2 Å². The Hall–Kier alpha value is -4.05. The summed E-state index contributed by atoms with van der Waals surface area (Å²) in [6.07, 6.45) is 1.37. The molecule has 1 aromatic heterocycles. The van der Waals surface area contributed by atoms with Gasteiger partial charge in [0.1, 0.15) is 6.33 Å². The van der Waals surface area contributed by atoms with E-state index in [9.17, 15) is 13.2 Å². The van der Waals surface area contributed by atoms with Gasteiger partial charge in [-0.2, -0.15) is 0 Å². The molecule has 0 aliphatic heterocycles. The molecule has 4 rings (SSSR count). The van der Waals surface area contributed by atoms with Crippen LogP contribution in [-0.2, 0) is 16.6 Å².